The van der Waals surface area contributed by atoms with E-state index in [-0.39, 0.29) is 15.9 Å². The highest BCUT2D eigenvalue weighted by atomic mass is 35.5. The zero-order valence-corrected chi connectivity index (χ0v) is 8.40. The number of fused-ring (bicyclic) bond motifs is 1. The summed E-state index contributed by atoms with van der Waals surface area (Å²) < 4.78 is 13.5. The minimum Gasteiger partial charge on any atom is -0.501 e. The number of pyridine rings is 1. The minimum atomic E-state index is -0.891. The van der Waals surface area contributed by atoms with Gasteiger partial charge in [-0.05, 0) is 6.07 Å². The lowest BCUT2D eigenvalue weighted by atomic mass is 10.1. The van der Waals surface area contributed by atoms with Gasteiger partial charge in [0.25, 0.3) is 0 Å². The maximum atomic E-state index is 13.5. The van der Waals surface area contributed by atoms with E-state index in [1.807, 2.05) is 0 Å². The highest BCUT2D eigenvalue weighted by molar-refractivity contribution is 6.35. The number of benzene rings is 1. The Balaban J connectivity index is 2.96. The molecule has 0 amide bonds. The number of aromatic hydroxyl groups is 1. The van der Waals surface area contributed by atoms with Gasteiger partial charge in [0.2, 0.25) is 5.75 Å². The molecule has 16 heavy (non-hydrogen) atoms. The van der Waals surface area contributed by atoms with Crippen LogP contribution in [0.4, 0.5) is 10.1 Å². The number of rotatable bonds is 1. The molecule has 0 saturated carbocycles. The number of hydrogen-bond donors (Lipinski definition) is 1. The molecule has 0 spiro atoms. The van der Waals surface area contributed by atoms with Gasteiger partial charge in [-0.25, -0.2) is 4.39 Å². The number of halogens is 2. The van der Waals surface area contributed by atoms with Gasteiger partial charge in [-0.3, -0.25) is 15.1 Å². The van der Waals surface area contributed by atoms with Crippen LogP contribution in [-0.4, -0.2) is 15.0 Å². The first-order chi connectivity index (χ1) is 7.52. The lowest BCUT2D eigenvalue weighted by molar-refractivity contribution is -0.385. The van der Waals surface area contributed by atoms with Crippen LogP contribution in [0.5, 0.6) is 5.75 Å². The molecule has 0 bridgehead atoms. The Hall–Kier alpha value is -1.95. The second kappa shape index (κ2) is 3.57. The molecule has 1 N–H and O–H groups in total. The van der Waals surface area contributed by atoms with Gasteiger partial charge >= 0.3 is 5.69 Å². The molecule has 0 unspecified atom stereocenters. The first kappa shape index (κ1) is 10.6. The van der Waals surface area contributed by atoms with E-state index in [0.717, 1.165) is 0 Å². The summed E-state index contributed by atoms with van der Waals surface area (Å²) >= 11 is 5.71. The Kier molecular flexibility index (Phi) is 2.35. The summed E-state index contributed by atoms with van der Waals surface area (Å²) in [5.74, 6) is -1.58. The van der Waals surface area contributed by atoms with Crippen molar-refractivity contribution in [1.82, 2.24) is 4.98 Å². The fourth-order valence-corrected chi connectivity index (χ4v) is 1.60. The van der Waals surface area contributed by atoms with E-state index < -0.39 is 22.2 Å². The summed E-state index contributed by atoms with van der Waals surface area (Å²) in [5.41, 5.74) is -0.959. The van der Waals surface area contributed by atoms with Crippen LogP contribution in [-0.2, 0) is 0 Å². The zero-order chi connectivity index (χ0) is 11.9. The predicted molar refractivity (Wildman–Crippen MR) is 55.0 cm³/mol. The molecule has 0 atom stereocenters. The van der Waals surface area contributed by atoms with Gasteiger partial charge in [-0.1, -0.05) is 11.6 Å². The third-order valence-corrected chi connectivity index (χ3v) is 2.38. The van der Waals surface area contributed by atoms with Crippen LogP contribution in [0, 0.1) is 15.9 Å². The number of nitrogens with zero attached hydrogens (tertiary/aromatic N) is 2. The minimum absolute atomic E-state index is 0.0349. The van der Waals surface area contributed by atoms with Crippen LogP contribution in [0.25, 0.3) is 10.9 Å². The maximum absolute atomic E-state index is 13.5. The van der Waals surface area contributed by atoms with E-state index in [4.69, 9.17) is 11.6 Å². The monoisotopic (exact) mass is 242 g/mol. The lowest BCUT2D eigenvalue weighted by Gasteiger charge is -2.03. The Morgan fingerprint density at radius 2 is 2.25 bits per heavy atom. The van der Waals surface area contributed by atoms with Crippen molar-refractivity contribution in [1.29, 1.82) is 0 Å². The van der Waals surface area contributed by atoms with Crippen molar-refractivity contribution < 1.29 is 14.4 Å². The Bertz CT molecular complexity index is 603. The molecule has 0 aliphatic carbocycles. The molecule has 82 valence electrons. The number of phenolic OH excluding ortho intramolecular Hbond substituents is 1. The second-order valence-corrected chi connectivity index (χ2v) is 3.41. The Labute approximate surface area is 93.2 Å². The van der Waals surface area contributed by atoms with Gasteiger partial charge in [-0.2, -0.15) is 0 Å². The largest absolute Gasteiger partial charge is 0.501 e. The van der Waals surface area contributed by atoms with Crippen molar-refractivity contribution in [2.75, 3.05) is 0 Å². The quantitative estimate of drug-likeness (QED) is 0.616. The van der Waals surface area contributed by atoms with Crippen molar-refractivity contribution in [3.8, 4) is 5.75 Å². The predicted octanol–water partition coefficient (Wildman–Crippen LogP) is 2.64. The highest BCUT2D eigenvalue weighted by Crippen LogP contribution is 2.37. The number of nitro groups is 1. The number of hydrogen-bond acceptors (Lipinski definition) is 4. The van der Waals surface area contributed by atoms with Crippen molar-refractivity contribution in [2.45, 2.75) is 0 Å². The molecule has 0 aliphatic rings. The molecule has 1 aromatic carbocycles. The fourth-order valence-electron chi connectivity index (χ4n) is 1.37. The van der Waals surface area contributed by atoms with Crippen LogP contribution in [0.3, 0.4) is 0 Å². The van der Waals surface area contributed by atoms with Gasteiger partial charge in [-0.15, -0.1) is 0 Å². The van der Waals surface area contributed by atoms with Crippen molar-refractivity contribution in [2.24, 2.45) is 0 Å². The molecule has 0 aliphatic heterocycles. The van der Waals surface area contributed by atoms with Crippen LogP contribution < -0.4 is 0 Å². The van der Waals surface area contributed by atoms with E-state index >= 15 is 0 Å². The first-order valence-electron chi connectivity index (χ1n) is 4.12. The fraction of sp³-hybridized carbons (Fsp3) is 0. The molecule has 2 rings (SSSR count). The van der Waals surface area contributed by atoms with Crippen LogP contribution in [0.15, 0.2) is 18.3 Å². The van der Waals surface area contributed by atoms with Crippen molar-refractivity contribution in [3.63, 3.8) is 0 Å². The number of aromatic nitrogens is 1. The summed E-state index contributed by atoms with van der Waals surface area (Å²) in [6.07, 6.45) is 1.23. The first-order valence-corrected chi connectivity index (χ1v) is 4.50. The smallest absolute Gasteiger partial charge is 0.315 e. The molecular weight excluding hydrogens is 239 g/mol. The summed E-state index contributed by atoms with van der Waals surface area (Å²) in [4.78, 5) is 13.3. The molecule has 5 nitrogen and oxygen atoms in total. The van der Waals surface area contributed by atoms with Gasteiger partial charge in [0.05, 0.1) is 21.4 Å². The topological polar surface area (TPSA) is 76.3 Å². The number of phenols is 1. The average molecular weight is 243 g/mol. The molecule has 0 saturated heterocycles. The highest BCUT2D eigenvalue weighted by Gasteiger charge is 2.22. The van der Waals surface area contributed by atoms with E-state index in [1.54, 1.807) is 0 Å². The Morgan fingerprint density at radius 1 is 1.56 bits per heavy atom. The summed E-state index contributed by atoms with van der Waals surface area (Å²) in [7, 11) is 0. The normalized spacial score (nSPS) is 10.6. The standard InChI is InChI=1S/C9H4ClFN2O3/c10-4-1-2-12-8-7(4)5(11)3-6(9(8)14)13(15)16/h1-3,14H. The van der Waals surface area contributed by atoms with Gasteiger partial charge in [0.15, 0.2) is 0 Å². The van der Waals surface area contributed by atoms with Crippen LogP contribution >= 0.6 is 11.6 Å². The van der Waals surface area contributed by atoms with Crippen molar-refractivity contribution in [3.05, 3.63) is 39.3 Å². The lowest BCUT2D eigenvalue weighted by Crippen LogP contribution is -1.93. The molecular formula is C9H4ClFN2O3. The van der Waals surface area contributed by atoms with Gasteiger partial charge < -0.3 is 5.11 Å². The average Bonchev–Trinajstić information content (AvgIpc) is 2.22. The summed E-state index contributed by atoms with van der Waals surface area (Å²) in [6.45, 7) is 0. The van der Waals surface area contributed by atoms with E-state index in [1.165, 1.54) is 12.3 Å². The molecule has 1 heterocycles. The SMILES string of the molecule is O=[N+]([O-])c1cc(F)c2c(Cl)ccnc2c1O. The summed E-state index contributed by atoms with van der Waals surface area (Å²) in [5, 5.41) is 20.0. The summed E-state index contributed by atoms with van der Waals surface area (Å²) in [6, 6.07) is 1.95. The third-order valence-electron chi connectivity index (χ3n) is 2.07. The zero-order valence-electron chi connectivity index (χ0n) is 7.65. The number of nitro benzene ring substituents is 1. The van der Waals surface area contributed by atoms with E-state index in [9.17, 15) is 19.6 Å². The van der Waals surface area contributed by atoms with E-state index in [0.29, 0.717) is 6.07 Å². The van der Waals surface area contributed by atoms with Crippen LogP contribution in [0.1, 0.15) is 0 Å². The molecule has 2 aromatic rings. The second-order valence-electron chi connectivity index (χ2n) is 3.00. The molecule has 0 radical (unpaired) electrons. The van der Waals surface area contributed by atoms with Gasteiger partial charge in [0.1, 0.15) is 11.3 Å². The van der Waals surface area contributed by atoms with Crippen LogP contribution in [0.2, 0.25) is 5.02 Å². The molecule has 1 aromatic heterocycles. The third kappa shape index (κ3) is 1.43. The maximum Gasteiger partial charge on any atom is 0.315 e. The molecule has 0 fully saturated rings. The van der Waals surface area contributed by atoms with Gasteiger partial charge in [0, 0.05) is 6.20 Å². The van der Waals surface area contributed by atoms with E-state index in [2.05, 4.69) is 4.98 Å². The Morgan fingerprint density at radius 3 is 2.88 bits per heavy atom. The van der Waals surface area contributed by atoms with Crippen molar-refractivity contribution >= 4 is 28.2 Å². The molecule has 7 heteroatoms.